The van der Waals surface area contributed by atoms with Crippen molar-refractivity contribution in [1.82, 2.24) is 9.47 Å². The number of nitrogens with one attached hydrogen (secondary N) is 1. The molecule has 0 atom stereocenters. The third kappa shape index (κ3) is 5.23. The first kappa shape index (κ1) is 21.9. The number of hydrogen-bond acceptors (Lipinski definition) is 4. The van der Waals surface area contributed by atoms with Gasteiger partial charge in [-0.25, -0.2) is 0 Å². The van der Waals surface area contributed by atoms with Crippen LogP contribution in [-0.4, -0.2) is 34.9 Å². The van der Waals surface area contributed by atoms with Crippen LogP contribution in [-0.2, 0) is 16.1 Å². The maximum atomic E-state index is 12.8. The first-order valence-corrected chi connectivity index (χ1v) is 10.9. The van der Waals surface area contributed by atoms with E-state index in [4.69, 9.17) is 12.2 Å². The first-order chi connectivity index (χ1) is 14.2. The third-order valence-electron chi connectivity index (χ3n) is 4.90. The molecule has 0 saturated heterocycles. The van der Waals surface area contributed by atoms with Gasteiger partial charge in [0.2, 0.25) is 11.8 Å². The lowest BCUT2D eigenvalue weighted by Gasteiger charge is -2.19. The highest BCUT2D eigenvalue weighted by molar-refractivity contribution is 7.73. The van der Waals surface area contributed by atoms with Crippen LogP contribution in [0.5, 0.6) is 0 Å². The summed E-state index contributed by atoms with van der Waals surface area (Å²) >= 11 is 6.87. The van der Waals surface area contributed by atoms with Gasteiger partial charge in [-0.15, -0.1) is 11.3 Å². The van der Waals surface area contributed by atoms with Gasteiger partial charge in [-0.05, 0) is 55.7 Å². The van der Waals surface area contributed by atoms with Crippen molar-refractivity contribution in [1.29, 1.82) is 0 Å². The van der Waals surface area contributed by atoms with E-state index >= 15 is 0 Å². The van der Waals surface area contributed by atoms with Gasteiger partial charge in [0.15, 0.2) is 3.95 Å². The van der Waals surface area contributed by atoms with Crippen LogP contribution in [0.1, 0.15) is 16.7 Å². The molecule has 0 saturated carbocycles. The van der Waals surface area contributed by atoms with E-state index < -0.39 is 0 Å². The van der Waals surface area contributed by atoms with Gasteiger partial charge in [-0.2, -0.15) is 0 Å². The van der Waals surface area contributed by atoms with Crippen molar-refractivity contribution >= 4 is 41.1 Å². The molecule has 0 bridgehead atoms. The molecule has 0 aliphatic rings. The molecule has 0 aliphatic heterocycles. The summed E-state index contributed by atoms with van der Waals surface area (Å²) in [6.07, 6.45) is 0. The molecule has 5 nitrogen and oxygen atoms in total. The lowest BCUT2D eigenvalue weighted by molar-refractivity contribution is -0.133. The third-order valence-corrected chi connectivity index (χ3v) is 6.17. The van der Waals surface area contributed by atoms with Gasteiger partial charge in [-0.1, -0.05) is 42.0 Å². The zero-order valence-electron chi connectivity index (χ0n) is 17.6. The van der Waals surface area contributed by atoms with Gasteiger partial charge < -0.3 is 14.8 Å². The second-order valence-corrected chi connectivity index (χ2v) is 8.96. The van der Waals surface area contributed by atoms with Crippen molar-refractivity contribution in [2.24, 2.45) is 0 Å². The van der Waals surface area contributed by atoms with E-state index in [0.29, 0.717) is 3.95 Å². The quantitative estimate of drug-likeness (QED) is 0.552. The molecule has 3 aromatic rings. The highest BCUT2D eigenvalue weighted by Gasteiger charge is 2.17. The maximum absolute atomic E-state index is 12.8. The Morgan fingerprint density at radius 2 is 1.73 bits per heavy atom. The monoisotopic (exact) mass is 439 g/mol. The summed E-state index contributed by atoms with van der Waals surface area (Å²) in [6.45, 7) is 6.02. The normalized spacial score (nSPS) is 10.7. The van der Waals surface area contributed by atoms with Crippen LogP contribution in [0.15, 0.2) is 47.8 Å². The molecule has 1 heterocycles. The van der Waals surface area contributed by atoms with Gasteiger partial charge in [0.05, 0.1) is 12.2 Å². The Balaban J connectivity index is 1.68. The molecule has 2 aromatic carbocycles. The largest absolute Gasteiger partial charge is 0.335 e. The van der Waals surface area contributed by atoms with Gasteiger partial charge in [0.25, 0.3) is 0 Å². The summed E-state index contributed by atoms with van der Waals surface area (Å²) in [5.41, 5.74) is 5.90. The summed E-state index contributed by atoms with van der Waals surface area (Å²) in [5.74, 6) is -0.402. The molecule has 0 fully saturated rings. The molecule has 0 radical (unpaired) electrons. The topological polar surface area (TPSA) is 54.3 Å². The summed E-state index contributed by atoms with van der Waals surface area (Å²) in [7, 11) is 1.63. The number of amides is 2. The molecule has 2 amide bonds. The van der Waals surface area contributed by atoms with E-state index in [9.17, 15) is 9.59 Å². The number of rotatable bonds is 6. The highest BCUT2D eigenvalue weighted by atomic mass is 32.1. The molecule has 3 rings (SSSR count). The Morgan fingerprint density at radius 3 is 2.43 bits per heavy atom. The fourth-order valence-electron chi connectivity index (χ4n) is 3.05. The average Bonchev–Trinajstić information content (AvgIpc) is 3.05. The van der Waals surface area contributed by atoms with Crippen molar-refractivity contribution in [2.45, 2.75) is 27.3 Å². The van der Waals surface area contributed by atoms with E-state index in [1.165, 1.54) is 21.8 Å². The molecular weight excluding hydrogens is 414 g/mol. The number of likely N-dealkylation sites (N-methyl/N-ethyl adjacent to an activating group) is 1. The fourth-order valence-corrected chi connectivity index (χ4v) is 4.12. The van der Waals surface area contributed by atoms with Gasteiger partial charge in [0.1, 0.15) is 6.54 Å². The Hall–Kier alpha value is -2.77. The van der Waals surface area contributed by atoms with Crippen LogP contribution in [0.2, 0.25) is 0 Å². The molecule has 30 heavy (non-hydrogen) atoms. The number of thiazole rings is 1. The summed E-state index contributed by atoms with van der Waals surface area (Å²) < 4.78 is 2.46. The van der Waals surface area contributed by atoms with Crippen LogP contribution in [0.4, 0.5) is 5.69 Å². The number of aromatic nitrogens is 1. The Labute approximate surface area is 186 Å². The lowest BCUT2D eigenvalue weighted by atomic mass is 10.1. The van der Waals surface area contributed by atoms with Crippen LogP contribution in [0.3, 0.4) is 0 Å². The molecule has 156 valence electrons. The zero-order valence-corrected chi connectivity index (χ0v) is 19.2. The van der Waals surface area contributed by atoms with E-state index in [1.54, 1.807) is 7.05 Å². The number of nitrogens with zero attached hydrogens (tertiary/aromatic N) is 2. The predicted molar refractivity (Wildman–Crippen MR) is 125 cm³/mol. The zero-order chi connectivity index (χ0) is 21.8. The summed E-state index contributed by atoms with van der Waals surface area (Å²) in [5, 5.41) is 4.86. The predicted octanol–water partition coefficient (Wildman–Crippen LogP) is 4.97. The molecule has 0 spiro atoms. The summed E-state index contributed by atoms with van der Waals surface area (Å²) in [6, 6.07) is 14.0. The smallest absolute Gasteiger partial charge is 0.243 e. The maximum Gasteiger partial charge on any atom is 0.243 e. The average molecular weight is 440 g/mol. The highest BCUT2D eigenvalue weighted by Crippen LogP contribution is 2.24. The molecule has 0 unspecified atom stereocenters. The summed E-state index contributed by atoms with van der Waals surface area (Å²) in [4.78, 5) is 26.7. The van der Waals surface area contributed by atoms with Crippen LogP contribution >= 0.6 is 23.6 Å². The Kier molecular flexibility index (Phi) is 6.84. The van der Waals surface area contributed by atoms with Crippen molar-refractivity contribution in [3.05, 3.63) is 68.5 Å². The molecule has 7 heteroatoms. The number of anilines is 1. The van der Waals surface area contributed by atoms with E-state index in [1.807, 2.05) is 73.2 Å². The molecule has 1 N–H and O–H groups in total. The van der Waals surface area contributed by atoms with E-state index in [2.05, 4.69) is 5.32 Å². The Morgan fingerprint density at radius 1 is 1.07 bits per heavy atom. The number of carbonyl (C=O) groups is 2. The van der Waals surface area contributed by atoms with Gasteiger partial charge in [-0.3, -0.25) is 9.59 Å². The second-order valence-electron chi connectivity index (χ2n) is 7.46. The minimum absolute atomic E-state index is 0.0243. The minimum atomic E-state index is -0.229. The van der Waals surface area contributed by atoms with Crippen molar-refractivity contribution in [3.63, 3.8) is 0 Å². The fraction of sp³-hybridized carbons (Fsp3) is 0.261. The molecular formula is C23H25N3O2S2. The van der Waals surface area contributed by atoms with Crippen molar-refractivity contribution in [2.75, 3.05) is 18.9 Å². The standard InChI is InChI=1S/C23H25N3O2S2/c1-15-6-9-18(10-7-15)20-14-30-23(29)26(20)13-22(28)25(4)12-21(27)24-19-11-16(2)5-8-17(19)3/h5-11,14H,12-13H2,1-4H3,(H,24,27). The van der Waals surface area contributed by atoms with Gasteiger partial charge >= 0.3 is 0 Å². The first-order valence-electron chi connectivity index (χ1n) is 9.61. The van der Waals surface area contributed by atoms with Crippen LogP contribution in [0, 0.1) is 24.7 Å². The molecule has 0 aliphatic carbocycles. The number of hydrogen-bond donors (Lipinski definition) is 1. The van der Waals surface area contributed by atoms with Crippen LogP contribution in [0.25, 0.3) is 11.3 Å². The lowest BCUT2D eigenvalue weighted by Crippen LogP contribution is -2.37. The SMILES string of the molecule is Cc1ccc(-c2csc(=S)n2CC(=O)N(C)CC(=O)Nc2cc(C)ccc2C)cc1. The number of benzene rings is 2. The molecule has 1 aromatic heterocycles. The number of carbonyl (C=O) groups excluding carboxylic acids is 2. The van der Waals surface area contributed by atoms with Crippen molar-refractivity contribution in [3.8, 4) is 11.3 Å². The van der Waals surface area contributed by atoms with Gasteiger partial charge in [0, 0.05) is 18.1 Å². The number of aryl methyl sites for hydroxylation is 3. The van der Waals surface area contributed by atoms with E-state index in [-0.39, 0.29) is 24.9 Å². The van der Waals surface area contributed by atoms with Crippen molar-refractivity contribution < 1.29 is 9.59 Å². The Bertz CT molecular complexity index is 1130. The second kappa shape index (κ2) is 9.36. The van der Waals surface area contributed by atoms with E-state index in [0.717, 1.165) is 28.1 Å². The minimum Gasteiger partial charge on any atom is -0.335 e. The van der Waals surface area contributed by atoms with Crippen LogP contribution < -0.4 is 5.32 Å².